The summed E-state index contributed by atoms with van der Waals surface area (Å²) in [5.41, 5.74) is 9.99. The van der Waals surface area contributed by atoms with Gasteiger partial charge in [0.1, 0.15) is 11.3 Å². The molecule has 1 amide bonds. The maximum atomic E-state index is 12.4. The van der Waals surface area contributed by atoms with Crippen LogP contribution < -0.4 is 11.1 Å². The smallest absolute Gasteiger partial charge is 0.261 e. The third kappa shape index (κ3) is 3.54. The van der Waals surface area contributed by atoms with Crippen LogP contribution in [0.4, 0.5) is 5.69 Å². The molecule has 0 radical (unpaired) electrons. The van der Waals surface area contributed by atoms with Crippen molar-refractivity contribution >= 4 is 24.0 Å². The maximum Gasteiger partial charge on any atom is 0.261 e. The Morgan fingerprint density at radius 3 is 3.04 bits per heavy atom. The van der Waals surface area contributed by atoms with Gasteiger partial charge in [0, 0.05) is 18.2 Å². The van der Waals surface area contributed by atoms with Crippen molar-refractivity contribution < 1.29 is 9.32 Å². The first-order chi connectivity index (χ1) is 10.6. The van der Waals surface area contributed by atoms with Gasteiger partial charge in [-0.05, 0) is 37.8 Å². The van der Waals surface area contributed by atoms with E-state index in [1.807, 2.05) is 13.0 Å². The number of nitrogens with zero attached hydrogens (tertiary/aromatic N) is 2. The minimum absolute atomic E-state index is 0. The standard InChI is InChI=1S/C16H20N4O2.ClH/c1-3-14-15(9(2)20-22-14)16(21)19-12-7-10-6-11(17)4-5-13(10)18-8-12;/h7-8,11H,3-6,17H2,1-2H3,(H,19,21);1H. The molecule has 2 aromatic rings. The average Bonchev–Trinajstić information content (AvgIpc) is 2.87. The molecule has 124 valence electrons. The van der Waals surface area contributed by atoms with Crippen LogP contribution in [0.3, 0.4) is 0 Å². The summed E-state index contributed by atoms with van der Waals surface area (Å²) >= 11 is 0. The molecule has 0 aliphatic heterocycles. The lowest BCUT2D eigenvalue weighted by molar-refractivity contribution is 0.102. The Hall–Kier alpha value is -1.92. The fraction of sp³-hybridized carbons (Fsp3) is 0.438. The summed E-state index contributed by atoms with van der Waals surface area (Å²) in [6, 6.07) is 2.14. The zero-order valence-electron chi connectivity index (χ0n) is 13.3. The van der Waals surface area contributed by atoms with Gasteiger partial charge in [0.05, 0.1) is 17.6 Å². The second-order valence-corrected chi connectivity index (χ2v) is 5.71. The summed E-state index contributed by atoms with van der Waals surface area (Å²) in [5.74, 6) is 0.389. The van der Waals surface area contributed by atoms with Crippen LogP contribution in [0.15, 0.2) is 16.8 Å². The lowest BCUT2D eigenvalue weighted by Gasteiger charge is -2.21. The number of carbonyl (C=O) groups is 1. The van der Waals surface area contributed by atoms with Crippen LogP contribution in [-0.4, -0.2) is 22.1 Å². The van der Waals surface area contributed by atoms with Crippen molar-refractivity contribution in [2.24, 2.45) is 5.73 Å². The molecule has 1 unspecified atom stereocenters. The number of nitrogens with two attached hydrogens (primary N) is 1. The fourth-order valence-corrected chi connectivity index (χ4v) is 2.86. The number of amides is 1. The zero-order valence-corrected chi connectivity index (χ0v) is 14.1. The molecule has 0 aromatic carbocycles. The van der Waals surface area contributed by atoms with Crippen LogP contribution in [0.2, 0.25) is 0 Å². The van der Waals surface area contributed by atoms with Gasteiger partial charge in [-0.1, -0.05) is 12.1 Å². The van der Waals surface area contributed by atoms with Crippen LogP contribution in [0, 0.1) is 6.92 Å². The predicted octanol–water partition coefficient (Wildman–Crippen LogP) is 2.43. The Morgan fingerprint density at radius 2 is 2.30 bits per heavy atom. The number of aromatic nitrogens is 2. The van der Waals surface area contributed by atoms with Gasteiger partial charge in [0.15, 0.2) is 0 Å². The molecule has 1 aliphatic carbocycles. The van der Waals surface area contributed by atoms with E-state index in [4.69, 9.17) is 10.3 Å². The van der Waals surface area contributed by atoms with Gasteiger partial charge in [0.25, 0.3) is 5.91 Å². The molecule has 0 spiro atoms. The minimum Gasteiger partial charge on any atom is -0.360 e. The first kappa shape index (κ1) is 17.4. The molecule has 0 saturated heterocycles. The molecule has 0 fully saturated rings. The van der Waals surface area contributed by atoms with Crippen LogP contribution in [0.1, 0.15) is 46.4 Å². The number of aryl methyl sites for hydroxylation is 3. The highest BCUT2D eigenvalue weighted by Crippen LogP contribution is 2.23. The molecule has 0 bridgehead atoms. The molecule has 3 rings (SSSR count). The Bertz CT molecular complexity index is 714. The van der Waals surface area contributed by atoms with E-state index in [9.17, 15) is 4.79 Å². The largest absolute Gasteiger partial charge is 0.360 e. The number of carbonyl (C=O) groups excluding carboxylic acids is 1. The Kier molecular flexibility index (Phi) is 5.38. The van der Waals surface area contributed by atoms with E-state index in [0.29, 0.717) is 29.1 Å². The Balaban J connectivity index is 0.00000192. The number of halogens is 1. The summed E-state index contributed by atoms with van der Waals surface area (Å²) in [6.45, 7) is 3.69. The predicted molar refractivity (Wildman–Crippen MR) is 90.1 cm³/mol. The van der Waals surface area contributed by atoms with Crippen molar-refractivity contribution in [2.45, 2.75) is 45.6 Å². The van der Waals surface area contributed by atoms with E-state index >= 15 is 0 Å². The molecule has 6 nitrogen and oxygen atoms in total. The van der Waals surface area contributed by atoms with Crippen LogP contribution in [0.25, 0.3) is 0 Å². The van der Waals surface area contributed by atoms with Crippen LogP contribution >= 0.6 is 12.4 Å². The van der Waals surface area contributed by atoms with Crippen molar-refractivity contribution in [3.8, 4) is 0 Å². The van der Waals surface area contributed by atoms with Gasteiger partial charge in [-0.15, -0.1) is 12.4 Å². The molecule has 7 heteroatoms. The van der Waals surface area contributed by atoms with E-state index in [0.717, 1.165) is 30.5 Å². The molecular formula is C16H21ClN4O2. The monoisotopic (exact) mass is 336 g/mol. The zero-order chi connectivity index (χ0) is 15.7. The third-order valence-electron chi connectivity index (χ3n) is 4.03. The van der Waals surface area contributed by atoms with Crippen LogP contribution in [-0.2, 0) is 19.3 Å². The molecule has 3 N–H and O–H groups in total. The van der Waals surface area contributed by atoms with Crippen LogP contribution in [0.5, 0.6) is 0 Å². The second kappa shape index (κ2) is 7.10. The van der Waals surface area contributed by atoms with Crippen molar-refractivity contribution in [3.05, 3.63) is 40.5 Å². The minimum atomic E-state index is -0.211. The maximum absolute atomic E-state index is 12.4. The van der Waals surface area contributed by atoms with Gasteiger partial charge in [-0.2, -0.15) is 0 Å². The molecule has 2 aromatic heterocycles. The number of nitrogens with one attached hydrogen (secondary N) is 1. The van der Waals surface area contributed by atoms with Gasteiger partial charge >= 0.3 is 0 Å². The molecule has 23 heavy (non-hydrogen) atoms. The summed E-state index contributed by atoms with van der Waals surface area (Å²) < 4.78 is 5.17. The highest BCUT2D eigenvalue weighted by molar-refractivity contribution is 6.05. The first-order valence-corrected chi connectivity index (χ1v) is 7.58. The molecule has 0 saturated carbocycles. The van der Waals surface area contributed by atoms with Gasteiger partial charge in [-0.25, -0.2) is 0 Å². The van der Waals surface area contributed by atoms with E-state index < -0.39 is 0 Å². The van der Waals surface area contributed by atoms with Gasteiger partial charge in [0.2, 0.25) is 0 Å². The summed E-state index contributed by atoms with van der Waals surface area (Å²) in [7, 11) is 0. The van der Waals surface area contributed by atoms with E-state index in [1.54, 1.807) is 13.1 Å². The highest BCUT2D eigenvalue weighted by Gasteiger charge is 2.21. The van der Waals surface area contributed by atoms with Gasteiger partial charge in [-0.3, -0.25) is 9.78 Å². The number of pyridine rings is 1. The molecule has 1 atom stereocenters. The summed E-state index contributed by atoms with van der Waals surface area (Å²) in [4.78, 5) is 16.9. The highest BCUT2D eigenvalue weighted by atomic mass is 35.5. The van der Waals surface area contributed by atoms with E-state index in [1.165, 1.54) is 0 Å². The van der Waals surface area contributed by atoms with E-state index in [-0.39, 0.29) is 24.4 Å². The lowest BCUT2D eigenvalue weighted by Crippen LogP contribution is -2.28. The summed E-state index contributed by atoms with van der Waals surface area (Å²) in [6.07, 6.45) is 4.99. The third-order valence-corrected chi connectivity index (χ3v) is 4.03. The number of anilines is 1. The van der Waals surface area contributed by atoms with Crippen molar-refractivity contribution in [1.29, 1.82) is 0 Å². The Morgan fingerprint density at radius 1 is 1.52 bits per heavy atom. The summed E-state index contributed by atoms with van der Waals surface area (Å²) in [5, 5.41) is 6.74. The quantitative estimate of drug-likeness (QED) is 0.897. The number of hydrogen-bond acceptors (Lipinski definition) is 5. The lowest BCUT2D eigenvalue weighted by atomic mass is 9.92. The topological polar surface area (TPSA) is 94.0 Å². The van der Waals surface area contributed by atoms with Crippen molar-refractivity contribution in [1.82, 2.24) is 10.1 Å². The Labute approximate surface area is 141 Å². The number of rotatable bonds is 3. The average molecular weight is 337 g/mol. The van der Waals surface area contributed by atoms with Crippen molar-refractivity contribution in [3.63, 3.8) is 0 Å². The normalized spacial score (nSPS) is 16.4. The van der Waals surface area contributed by atoms with E-state index in [2.05, 4.69) is 15.5 Å². The number of hydrogen-bond donors (Lipinski definition) is 2. The second-order valence-electron chi connectivity index (χ2n) is 5.71. The molecule has 2 heterocycles. The SMILES string of the molecule is CCc1onc(C)c1C(=O)Nc1cnc2c(c1)CC(N)CC2.Cl. The first-order valence-electron chi connectivity index (χ1n) is 7.58. The van der Waals surface area contributed by atoms with Crippen molar-refractivity contribution in [2.75, 3.05) is 5.32 Å². The number of fused-ring (bicyclic) bond motifs is 1. The van der Waals surface area contributed by atoms with Gasteiger partial charge < -0.3 is 15.6 Å². The molecular weight excluding hydrogens is 316 g/mol. The molecule has 1 aliphatic rings. The fourth-order valence-electron chi connectivity index (χ4n) is 2.86.